The van der Waals surface area contributed by atoms with Gasteiger partial charge in [-0.15, -0.1) is 0 Å². The summed E-state index contributed by atoms with van der Waals surface area (Å²) in [7, 11) is -3.54. The fourth-order valence-electron chi connectivity index (χ4n) is 1.88. The molecule has 0 unspecified atom stereocenters. The van der Waals surface area contributed by atoms with Gasteiger partial charge in [0.05, 0.1) is 6.54 Å². The molecule has 0 atom stereocenters. The van der Waals surface area contributed by atoms with E-state index in [1.807, 2.05) is 20.8 Å². The molecule has 0 spiro atoms. The van der Waals surface area contributed by atoms with Crippen LogP contribution in [0.5, 0.6) is 0 Å². The quantitative estimate of drug-likeness (QED) is 0.840. The van der Waals surface area contributed by atoms with Crippen LogP contribution in [0, 0.1) is 5.92 Å². The van der Waals surface area contributed by atoms with Gasteiger partial charge in [-0.1, -0.05) is 20.8 Å². The van der Waals surface area contributed by atoms with E-state index in [1.165, 1.54) is 10.4 Å². The summed E-state index contributed by atoms with van der Waals surface area (Å²) in [5.74, 6) is 0.904. The summed E-state index contributed by atoms with van der Waals surface area (Å²) in [6.45, 7) is 13.4. The number of hydrogen-bond donors (Lipinski definition) is 1. The normalized spacial score (nSPS) is 13.3. The number of furan rings is 1. The maximum absolute atomic E-state index is 12.5. The zero-order chi connectivity index (χ0) is 16.3. The van der Waals surface area contributed by atoms with E-state index in [0.717, 1.165) is 0 Å². The van der Waals surface area contributed by atoms with Gasteiger partial charge in [-0.25, -0.2) is 8.42 Å². The first kappa shape index (κ1) is 18.2. The van der Waals surface area contributed by atoms with Gasteiger partial charge < -0.3 is 9.73 Å². The molecule has 0 radical (unpaired) electrons. The van der Waals surface area contributed by atoms with Gasteiger partial charge in [0.25, 0.3) is 10.0 Å². The van der Waals surface area contributed by atoms with Crippen LogP contribution in [0.15, 0.2) is 21.6 Å². The molecule has 0 saturated carbocycles. The Balaban J connectivity index is 2.87. The molecule has 1 N–H and O–H groups in total. The van der Waals surface area contributed by atoms with Crippen molar-refractivity contribution in [2.75, 3.05) is 13.1 Å². The van der Waals surface area contributed by atoms with Crippen LogP contribution in [0.4, 0.5) is 0 Å². The maximum Gasteiger partial charge on any atom is 0.276 e. The summed E-state index contributed by atoms with van der Waals surface area (Å²) in [6.07, 6.45) is 0. The molecule has 0 amide bonds. The largest absolute Gasteiger partial charge is 0.447 e. The SMILES string of the molecule is CCN(CC(C)C)S(=O)(=O)c1ccc(CNC(C)(C)C)o1. The predicted octanol–water partition coefficient (Wildman–Crippen LogP) is 2.83. The minimum absolute atomic E-state index is 0.0238. The van der Waals surface area contributed by atoms with Crippen LogP contribution in [-0.2, 0) is 16.6 Å². The highest BCUT2D eigenvalue weighted by molar-refractivity contribution is 7.89. The highest BCUT2D eigenvalue weighted by Gasteiger charge is 2.27. The van der Waals surface area contributed by atoms with Gasteiger partial charge in [-0.05, 0) is 38.8 Å². The lowest BCUT2D eigenvalue weighted by atomic mass is 10.1. The minimum atomic E-state index is -3.54. The topological polar surface area (TPSA) is 62.6 Å². The molecular formula is C15H28N2O3S. The molecule has 0 aliphatic rings. The fourth-order valence-corrected chi connectivity index (χ4v) is 3.42. The molecule has 1 aromatic heterocycles. The molecule has 6 heteroatoms. The zero-order valence-corrected chi connectivity index (χ0v) is 14.8. The van der Waals surface area contributed by atoms with Crippen molar-refractivity contribution in [3.63, 3.8) is 0 Å². The second-order valence-electron chi connectivity index (χ2n) is 6.67. The summed E-state index contributed by atoms with van der Waals surface area (Å²) < 4.78 is 32.0. The van der Waals surface area contributed by atoms with Gasteiger partial charge in [0.15, 0.2) is 0 Å². The minimum Gasteiger partial charge on any atom is -0.447 e. The van der Waals surface area contributed by atoms with Gasteiger partial charge in [-0.2, -0.15) is 4.31 Å². The van der Waals surface area contributed by atoms with Crippen molar-refractivity contribution in [1.82, 2.24) is 9.62 Å². The number of rotatable bonds is 7. The Hall–Kier alpha value is -0.850. The van der Waals surface area contributed by atoms with Gasteiger partial charge >= 0.3 is 0 Å². The van der Waals surface area contributed by atoms with Crippen molar-refractivity contribution in [2.24, 2.45) is 5.92 Å². The Morgan fingerprint density at radius 2 is 1.90 bits per heavy atom. The lowest BCUT2D eigenvalue weighted by Gasteiger charge is -2.21. The molecule has 0 fully saturated rings. The number of nitrogens with zero attached hydrogens (tertiary/aromatic N) is 1. The molecule has 1 aromatic rings. The van der Waals surface area contributed by atoms with Crippen LogP contribution < -0.4 is 5.32 Å². The molecule has 21 heavy (non-hydrogen) atoms. The van der Waals surface area contributed by atoms with E-state index in [2.05, 4.69) is 26.1 Å². The number of hydrogen-bond acceptors (Lipinski definition) is 4. The summed E-state index contributed by atoms with van der Waals surface area (Å²) in [5.41, 5.74) is -0.0427. The lowest BCUT2D eigenvalue weighted by molar-refractivity contribution is 0.337. The van der Waals surface area contributed by atoms with E-state index >= 15 is 0 Å². The molecule has 0 bridgehead atoms. The molecule has 0 aromatic carbocycles. The van der Waals surface area contributed by atoms with Crippen molar-refractivity contribution < 1.29 is 12.8 Å². The monoisotopic (exact) mass is 316 g/mol. The molecule has 1 rings (SSSR count). The average molecular weight is 316 g/mol. The van der Waals surface area contributed by atoms with Crippen molar-refractivity contribution in [3.05, 3.63) is 17.9 Å². The molecular weight excluding hydrogens is 288 g/mol. The summed E-state index contributed by atoms with van der Waals surface area (Å²) in [4.78, 5) is 0. The van der Waals surface area contributed by atoms with E-state index in [-0.39, 0.29) is 16.5 Å². The number of nitrogens with one attached hydrogen (secondary N) is 1. The van der Waals surface area contributed by atoms with Crippen LogP contribution in [-0.4, -0.2) is 31.4 Å². The molecule has 0 saturated heterocycles. The van der Waals surface area contributed by atoms with Crippen molar-refractivity contribution in [3.8, 4) is 0 Å². The van der Waals surface area contributed by atoms with E-state index in [1.54, 1.807) is 6.07 Å². The molecule has 0 aliphatic carbocycles. The van der Waals surface area contributed by atoms with Crippen LogP contribution in [0.25, 0.3) is 0 Å². The summed E-state index contributed by atoms with van der Waals surface area (Å²) in [6, 6.07) is 3.26. The predicted molar refractivity (Wildman–Crippen MR) is 84.6 cm³/mol. The van der Waals surface area contributed by atoms with E-state index < -0.39 is 10.0 Å². The third-order valence-corrected chi connectivity index (χ3v) is 4.76. The summed E-state index contributed by atoms with van der Waals surface area (Å²) >= 11 is 0. The average Bonchev–Trinajstić information content (AvgIpc) is 2.81. The summed E-state index contributed by atoms with van der Waals surface area (Å²) in [5, 5.41) is 3.30. The maximum atomic E-state index is 12.5. The first-order chi connectivity index (χ1) is 9.56. The van der Waals surface area contributed by atoms with Crippen molar-refractivity contribution in [2.45, 2.75) is 58.7 Å². The first-order valence-electron chi connectivity index (χ1n) is 7.40. The van der Waals surface area contributed by atoms with Crippen LogP contribution in [0.3, 0.4) is 0 Å². The Labute approximate surface area is 128 Å². The molecule has 122 valence electrons. The molecule has 5 nitrogen and oxygen atoms in total. The van der Waals surface area contributed by atoms with E-state index in [0.29, 0.717) is 25.4 Å². The second kappa shape index (κ2) is 6.94. The van der Waals surface area contributed by atoms with Gasteiger partial charge in [-0.3, -0.25) is 0 Å². The highest BCUT2D eigenvalue weighted by atomic mass is 32.2. The zero-order valence-electron chi connectivity index (χ0n) is 13.9. The molecule has 1 heterocycles. The Kier molecular flexibility index (Phi) is 6.01. The van der Waals surface area contributed by atoms with Crippen molar-refractivity contribution >= 4 is 10.0 Å². The first-order valence-corrected chi connectivity index (χ1v) is 8.84. The van der Waals surface area contributed by atoms with Crippen LogP contribution in [0.2, 0.25) is 0 Å². The Morgan fingerprint density at radius 3 is 2.38 bits per heavy atom. The molecule has 0 aliphatic heterocycles. The third kappa shape index (κ3) is 5.45. The standard InChI is InChI=1S/C15H28N2O3S/c1-7-17(11-12(2)3)21(18,19)14-9-8-13(20-14)10-16-15(4,5)6/h8-9,12,16H,7,10-11H2,1-6H3. The van der Waals surface area contributed by atoms with Gasteiger partial charge in [0, 0.05) is 18.6 Å². The Morgan fingerprint density at radius 1 is 1.29 bits per heavy atom. The smallest absolute Gasteiger partial charge is 0.276 e. The van der Waals surface area contributed by atoms with Crippen LogP contribution >= 0.6 is 0 Å². The lowest BCUT2D eigenvalue weighted by Crippen LogP contribution is -2.35. The second-order valence-corrected chi connectivity index (χ2v) is 8.54. The fraction of sp³-hybridized carbons (Fsp3) is 0.733. The van der Waals surface area contributed by atoms with Crippen LogP contribution in [0.1, 0.15) is 47.3 Å². The van der Waals surface area contributed by atoms with E-state index in [9.17, 15) is 8.42 Å². The van der Waals surface area contributed by atoms with Gasteiger partial charge in [0.1, 0.15) is 5.76 Å². The Bertz CT molecular complexity index is 542. The highest BCUT2D eigenvalue weighted by Crippen LogP contribution is 2.20. The van der Waals surface area contributed by atoms with Gasteiger partial charge in [0.2, 0.25) is 5.09 Å². The number of sulfonamides is 1. The van der Waals surface area contributed by atoms with Crippen molar-refractivity contribution in [1.29, 1.82) is 0 Å². The van der Waals surface area contributed by atoms with E-state index in [4.69, 9.17) is 4.42 Å². The third-order valence-electron chi connectivity index (χ3n) is 2.95.